The normalized spacial score (nSPS) is 10.3. The lowest BCUT2D eigenvalue weighted by Gasteiger charge is -2.12. The number of hydrogen-bond donors (Lipinski definition) is 2. The number of amides is 2. The Morgan fingerprint density at radius 2 is 1.52 bits per heavy atom. The maximum Gasteiger partial charge on any atom is 0.273 e. The van der Waals surface area contributed by atoms with Gasteiger partial charge in [0.15, 0.2) is 0 Å². The van der Waals surface area contributed by atoms with Gasteiger partial charge in [0.05, 0.1) is 12.0 Å². The second-order valence-corrected chi connectivity index (χ2v) is 6.65. The number of ether oxygens (including phenoxy) is 1. The topological polar surface area (TPSA) is 67.4 Å². The first-order valence-corrected chi connectivity index (χ1v) is 9.19. The van der Waals surface area contributed by atoms with Crippen molar-refractivity contribution in [1.29, 1.82) is 0 Å². The van der Waals surface area contributed by atoms with Crippen LogP contribution in [-0.2, 0) is 17.8 Å². The Bertz CT molecular complexity index is 992. The third-order valence-electron chi connectivity index (χ3n) is 4.03. The van der Waals surface area contributed by atoms with E-state index in [1.807, 2.05) is 12.1 Å². The Kier molecular flexibility index (Phi) is 6.81. The largest absolute Gasteiger partial charge is 0.488 e. The SMILES string of the molecule is O=C(Cc1ccc(F)cc1)NNC(=O)c1ccccc1OCc1ccc(Cl)cc1. The first kappa shape index (κ1) is 20.4. The van der Waals surface area contributed by atoms with E-state index >= 15 is 0 Å². The summed E-state index contributed by atoms with van der Waals surface area (Å²) < 4.78 is 18.7. The Hall–Kier alpha value is -3.38. The van der Waals surface area contributed by atoms with Gasteiger partial charge < -0.3 is 4.74 Å². The van der Waals surface area contributed by atoms with Crippen LogP contribution in [0.5, 0.6) is 5.75 Å². The molecule has 0 aromatic heterocycles. The molecule has 3 rings (SSSR count). The van der Waals surface area contributed by atoms with Crippen LogP contribution in [0.15, 0.2) is 72.8 Å². The van der Waals surface area contributed by atoms with Gasteiger partial charge in [-0.05, 0) is 47.5 Å². The van der Waals surface area contributed by atoms with Crippen molar-refractivity contribution in [2.45, 2.75) is 13.0 Å². The van der Waals surface area contributed by atoms with E-state index in [1.165, 1.54) is 24.3 Å². The van der Waals surface area contributed by atoms with Gasteiger partial charge in [0.2, 0.25) is 5.91 Å². The summed E-state index contributed by atoms with van der Waals surface area (Å²) in [6.07, 6.45) is 0.00920. The molecule has 0 heterocycles. The van der Waals surface area contributed by atoms with Crippen molar-refractivity contribution in [3.8, 4) is 5.75 Å². The highest BCUT2D eigenvalue weighted by Gasteiger charge is 2.13. The number of carbonyl (C=O) groups excluding carboxylic acids is 2. The third kappa shape index (κ3) is 6.05. The second-order valence-electron chi connectivity index (χ2n) is 6.22. The Morgan fingerprint density at radius 3 is 2.24 bits per heavy atom. The minimum Gasteiger partial charge on any atom is -0.488 e. The van der Waals surface area contributed by atoms with E-state index in [4.69, 9.17) is 16.3 Å². The Morgan fingerprint density at radius 1 is 0.862 bits per heavy atom. The maximum atomic E-state index is 12.9. The molecule has 0 aliphatic rings. The predicted octanol–water partition coefficient (Wildman–Crippen LogP) is 4.06. The number of hydrazine groups is 1. The molecule has 0 atom stereocenters. The van der Waals surface area contributed by atoms with Gasteiger partial charge in [0.25, 0.3) is 5.91 Å². The summed E-state index contributed by atoms with van der Waals surface area (Å²) in [7, 11) is 0. The number of para-hydroxylation sites is 1. The molecule has 0 aliphatic heterocycles. The number of nitrogens with one attached hydrogen (secondary N) is 2. The molecule has 2 N–H and O–H groups in total. The van der Waals surface area contributed by atoms with Gasteiger partial charge in [-0.15, -0.1) is 0 Å². The molecule has 29 heavy (non-hydrogen) atoms. The highest BCUT2D eigenvalue weighted by molar-refractivity contribution is 6.30. The molecule has 3 aromatic carbocycles. The van der Waals surface area contributed by atoms with Crippen molar-refractivity contribution in [2.75, 3.05) is 0 Å². The summed E-state index contributed by atoms with van der Waals surface area (Å²) in [5.74, 6) is -0.931. The number of benzene rings is 3. The number of hydrogen-bond acceptors (Lipinski definition) is 3. The lowest BCUT2D eigenvalue weighted by Crippen LogP contribution is -2.42. The van der Waals surface area contributed by atoms with Gasteiger partial charge in [-0.25, -0.2) is 4.39 Å². The van der Waals surface area contributed by atoms with Gasteiger partial charge in [-0.2, -0.15) is 0 Å². The summed E-state index contributed by atoms with van der Waals surface area (Å²) >= 11 is 5.87. The zero-order valence-corrected chi connectivity index (χ0v) is 16.1. The molecule has 2 amide bonds. The lowest BCUT2D eigenvalue weighted by atomic mass is 10.1. The second kappa shape index (κ2) is 9.71. The van der Waals surface area contributed by atoms with Crippen molar-refractivity contribution in [3.05, 3.63) is 100 Å². The van der Waals surface area contributed by atoms with E-state index in [9.17, 15) is 14.0 Å². The molecule has 0 spiro atoms. The molecular formula is C22H18ClFN2O3. The summed E-state index contributed by atoms with van der Waals surface area (Å²) in [4.78, 5) is 24.4. The fraction of sp³-hybridized carbons (Fsp3) is 0.0909. The molecular weight excluding hydrogens is 395 g/mol. The molecule has 0 fully saturated rings. The van der Waals surface area contributed by atoms with Crippen LogP contribution in [0, 0.1) is 5.82 Å². The van der Waals surface area contributed by atoms with Crippen LogP contribution in [0.4, 0.5) is 4.39 Å². The molecule has 0 bridgehead atoms. The lowest BCUT2D eigenvalue weighted by molar-refractivity contribution is -0.121. The summed E-state index contributed by atoms with van der Waals surface area (Å²) in [6.45, 7) is 0.262. The van der Waals surface area contributed by atoms with Crippen LogP contribution < -0.4 is 15.6 Å². The molecule has 0 saturated carbocycles. The highest BCUT2D eigenvalue weighted by atomic mass is 35.5. The van der Waals surface area contributed by atoms with E-state index in [1.54, 1.807) is 36.4 Å². The molecule has 7 heteroatoms. The van der Waals surface area contributed by atoms with Crippen molar-refractivity contribution in [1.82, 2.24) is 10.9 Å². The molecule has 0 unspecified atom stereocenters. The standard InChI is InChI=1S/C22H18ClFN2O3/c23-17-9-5-16(6-10-17)14-29-20-4-2-1-3-19(20)22(28)26-25-21(27)13-15-7-11-18(24)12-8-15/h1-12H,13-14H2,(H,25,27)(H,26,28). The maximum absolute atomic E-state index is 12.9. The molecule has 0 saturated heterocycles. The Balaban J connectivity index is 1.56. The van der Waals surface area contributed by atoms with Gasteiger partial charge in [0, 0.05) is 5.02 Å². The molecule has 0 aliphatic carbocycles. The van der Waals surface area contributed by atoms with Gasteiger partial charge in [-0.1, -0.05) is 48.0 Å². The van der Waals surface area contributed by atoms with Crippen LogP contribution in [0.25, 0.3) is 0 Å². The smallest absolute Gasteiger partial charge is 0.273 e. The molecule has 0 radical (unpaired) electrons. The predicted molar refractivity (Wildman–Crippen MR) is 108 cm³/mol. The van der Waals surface area contributed by atoms with Gasteiger partial charge >= 0.3 is 0 Å². The third-order valence-corrected chi connectivity index (χ3v) is 4.28. The van der Waals surface area contributed by atoms with Crippen molar-refractivity contribution in [3.63, 3.8) is 0 Å². The molecule has 3 aromatic rings. The highest BCUT2D eigenvalue weighted by Crippen LogP contribution is 2.20. The van der Waals surface area contributed by atoms with E-state index in [0.29, 0.717) is 16.3 Å². The van der Waals surface area contributed by atoms with E-state index < -0.39 is 11.8 Å². The van der Waals surface area contributed by atoms with Gasteiger partial charge in [-0.3, -0.25) is 20.4 Å². The summed E-state index contributed by atoms with van der Waals surface area (Å²) in [5.41, 5.74) is 6.53. The van der Waals surface area contributed by atoms with Crippen LogP contribution in [-0.4, -0.2) is 11.8 Å². The molecule has 148 valence electrons. The zero-order valence-electron chi connectivity index (χ0n) is 15.3. The molecule has 5 nitrogen and oxygen atoms in total. The summed E-state index contributed by atoms with van der Waals surface area (Å²) in [6, 6.07) is 19.5. The summed E-state index contributed by atoms with van der Waals surface area (Å²) in [5, 5.41) is 0.630. The van der Waals surface area contributed by atoms with E-state index in [-0.39, 0.29) is 24.4 Å². The van der Waals surface area contributed by atoms with Crippen molar-refractivity contribution in [2.24, 2.45) is 0 Å². The van der Waals surface area contributed by atoms with Crippen molar-refractivity contribution >= 4 is 23.4 Å². The average Bonchev–Trinajstić information content (AvgIpc) is 2.73. The quantitative estimate of drug-likeness (QED) is 0.600. The monoisotopic (exact) mass is 412 g/mol. The van der Waals surface area contributed by atoms with Gasteiger partial charge in [0.1, 0.15) is 18.2 Å². The first-order valence-electron chi connectivity index (χ1n) is 8.81. The Labute approximate surface area is 172 Å². The number of halogens is 2. The average molecular weight is 413 g/mol. The van der Waals surface area contributed by atoms with Crippen LogP contribution in [0.1, 0.15) is 21.5 Å². The van der Waals surface area contributed by atoms with E-state index in [2.05, 4.69) is 10.9 Å². The van der Waals surface area contributed by atoms with Crippen LogP contribution in [0.3, 0.4) is 0 Å². The number of carbonyl (C=O) groups is 2. The minimum absolute atomic E-state index is 0.00920. The zero-order chi connectivity index (χ0) is 20.6. The van der Waals surface area contributed by atoms with Crippen LogP contribution in [0.2, 0.25) is 5.02 Å². The first-order chi connectivity index (χ1) is 14.0. The van der Waals surface area contributed by atoms with Crippen LogP contribution >= 0.6 is 11.6 Å². The van der Waals surface area contributed by atoms with E-state index in [0.717, 1.165) is 5.56 Å². The number of rotatable bonds is 6. The fourth-order valence-corrected chi connectivity index (χ4v) is 2.67. The minimum atomic E-state index is -0.510. The van der Waals surface area contributed by atoms with Crippen molar-refractivity contribution < 1.29 is 18.7 Å². The fourth-order valence-electron chi connectivity index (χ4n) is 2.55.